The molecule has 0 radical (unpaired) electrons. The summed E-state index contributed by atoms with van der Waals surface area (Å²) >= 11 is 0. The molecule has 3 aliphatic heterocycles. The summed E-state index contributed by atoms with van der Waals surface area (Å²) in [6.07, 6.45) is 1.76. The van der Waals surface area contributed by atoms with E-state index in [1.54, 1.807) is 12.1 Å². The van der Waals surface area contributed by atoms with Crippen LogP contribution in [0.5, 0.6) is 0 Å². The molecule has 0 saturated carbocycles. The molecule has 0 aromatic heterocycles. The van der Waals surface area contributed by atoms with Crippen LogP contribution in [0.4, 0.5) is 5.69 Å². The van der Waals surface area contributed by atoms with Gasteiger partial charge >= 0.3 is 0 Å². The minimum Gasteiger partial charge on any atom is -0.368 e. The van der Waals surface area contributed by atoms with Gasteiger partial charge in [0.25, 0.3) is 5.91 Å². The second-order valence-corrected chi connectivity index (χ2v) is 9.63. The van der Waals surface area contributed by atoms with E-state index in [0.29, 0.717) is 37.9 Å². The van der Waals surface area contributed by atoms with Gasteiger partial charge in [-0.1, -0.05) is 36.4 Å². The zero-order chi connectivity index (χ0) is 24.2. The highest BCUT2D eigenvalue weighted by atomic mass is 16.2. The number of para-hydroxylation sites is 1. The fourth-order valence-electron chi connectivity index (χ4n) is 5.51. The Balaban J connectivity index is 1.12. The number of carbonyl (C=O) groups excluding carboxylic acids is 3. The van der Waals surface area contributed by atoms with Gasteiger partial charge in [0.1, 0.15) is 0 Å². The van der Waals surface area contributed by atoms with E-state index < -0.39 is 0 Å². The lowest BCUT2D eigenvalue weighted by molar-refractivity contribution is -0.132. The zero-order valence-electron chi connectivity index (χ0n) is 19.9. The third kappa shape index (κ3) is 5.32. The summed E-state index contributed by atoms with van der Waals surface area (Å²) in [4.78, 5) is 44.5. The third-order valence-corrected chi connectivity index (χ3v) is 7.44. The first kappa shape index (κ1) is 23.4. The molecule has 35 heavy (non-hydrogen) atoms. The van der Waals surface area contributed by atoms with Gasteiger partial charge in [-0.05, 0) is 37.1 Å². The highest BCUT2D eigenvalue weighted by Gasteiger charge is 2.44. The van der Waals surface area contributed by atoms with Crippen molar-refractivity contribution >= 4 is 23.4 Å². The SMILES string of the molecule is O=C(NC1CC2C(=O)NCC(CCC(=O)N3CCN(c4ccccc4)CC3)N2C1)c1ccccc1. The van der Waals surface area contributed by atoms with Crippen LogP contribution in [0.2, 0.25) is 0 Å². The van der Waals surface area contributed by atoms with Gasteiger partial charge < -0.3 is 20.4 Å². The Hall–Kier alpha value is -3.39. The Morgan fingerprint density at radius 3 is 2.34 bits per heavy atom. The van der Waals surface area contributed by atoms with Crippen LogP contribution < -0.4 is 15.5 Å². The first-order chi connectivity index (χ1) is 17.1. The molecule has 3 atom stereocenters. The predicted octanol–water partition coefficient (Wildman–Crippen LogP) is 1.49. The van der Waals surface area contributed by atoms with Gasteiger partial charge in [0.05, 0.1) is 6.04 Å². The summed E-state index contributed by atoms with van der Waals surface area (Å²) in [6, 6.07) is 19.2. The summed E-state index contributed by atoms with van der Waals surface area (Å²) in [7, 11) is 0. The first-order valence-corrected chi connectivity index (χ1v) is 12.6. The molecular formula is C27H33N5O3. The van der Waals surface area contributed by atoms with Crippen LogP contribution >= 0.6 is 0 Å². The maximum atomic E-state index is 13.0. The van der Waals surface area contributed by atoms with Gasteiger partial charge in [0.15, 0.2) is 0 Å². The molecule has 3 aliphatic rings. The van der Waals surface area contributed by atoms with Crippen LogP contribution in [0.25, 0.3) is 0 Å². The quantitative estimate of drug-likeness (QED) is 0.661. The molecule has 3 amide bonds. The van der Waals surface area contributed by atoms with E-state index in [1.807, 2.05) is 41.3 Å². The number of nitrogens with zero attached hydrogens (tertiary/aromatic N) is 3. The van der Waals surface area contributed by atoms with E-state index in [1.165, 1.54) is 5.69 Å². The molecule has 0 bridgehead atoms. The summed E-state index contributed by atoms with van der Waals surface area (Å²) in [6.45, 7) is 4.32. The van der Waals surface area contributed by atoms with E-state index in [4.69, 9.17) is 0 Å². The molecule has 2 aromatic carbocycles. The maximum Gasteiger partial charge on any atom is 0.251 e. The normalized spacial score (nSPS) is 24.6. The second kappa shape index (κ2) is 10.5. The van der Waals surface area contributed by atoms with Crippen LogP contribution in [0, 0.1) is 0 Å². The van der Waals surface area contributed by atoms with Crippen molar-refractivity contribution in [2.75, 3.05) is 44.2 Å². The molecule has 8 nitrogen and oxygen atoms in total. The minimum atomic E-state index is -0.251. The highest BCUT2D eigenvalue weighted by Crippen LogP contribution is 2.26. The number of amides is 3. The molecule has 0 spiro atoms. The summed E-state index contributed by atoms with van der Waals surface area (Å²) in [5, 5.41) is 6.10. The van der Waals surface area contributed by atoms with Crippen molar-refractivity contribution in [2.45, 2.75) is 37.4 Å². The summed E-state index contributed by atoms with van der Waals surface area (Å²) < 4.78 is 0. The van der Waals surface area contributed by atoms with Gasteiger partial charge in [-0.2, -0.15) is 0 Å². The Bertz CT molecular complexity index is 1040. The number of benzene rings is 2. The van der Waals surface area contributed by atoms with E-state index in [9.17, 15) is 14.4 Å². The van der Waals surface area contributed by atoms with Crippen LogP contribution in [0.3, 0.4) is 0 Å². The number of fused-ring (bicyclic) bond motifs is 1. The third-order valence-electron chi connectivity index (χ3n) is 7.44. The largest absolute Gasteiger partial charge is 0.368 e. The van der Waals surface area contributed by atoms with Crippen LogP contribution in [0.15, 0.2) is 60.7 Å². The molecule has 3 unspecified atom stereocenters. The lowest BCUT2D eigenvalue weighted by atomic mass is 10.0. The number of hydrogen-bond acceptors (Lipinski definition) is 5. The molecule has 2 aromatic rings. The molecular weight excluding hydrogens is 442 g/mol. The van der Waals surface area contributed by atoms with Gasteiger partial charge in [0.2, 0.25) is 11.8 Å². The number of anilines is 1. The van der Waals surface area contributed by atoms with E-state index in [2.05, 4.69) is 32.6 Å². The van der Waals surface area contributed by atoms with E-state index in [0.717, 1.165) is 26.2 Å². The number of rotatable bonds is 6. The fraction of sp³-hybridized carbons (Fsp3) is 0.444. The Labute approximate surface area is 206 Å². The van der Waals surface area contributed by atoms with Crippen LogP contribution in [0.1, 0.15) is 29.6 Å². The van der Waals surface area contributed by atoms with E-state index in [-0.39, 0.29) is 35.8 Å². The van der Waals surface area contributed by atoms with Gasteiger partial charge in [-0.25, -0.2) is 0 Å². The molecule has 3 saturated heterocycles. The number of hydrogen-bond donors (Lipinski definition) is 2. The van der Waals surface area contributed by atoms with Crippen molar-refractivity contribution in [1.29, 1.82) is 0 Å². The van der Waals surface area contributed by atoms with Crippen LogP contribution in [-0.4, -0.2) is 84.9 Å². The molecule has 184 valence electrons. The van der Waals surface area contributed by atoms with Crippen molar-refractivity contribution in [3.05, 3.63) is 66.2 Å². The molecule has 5 rings (SSSR count). The Morgan fingerprint density at radius 2 is 1.63 bits per heavy atom. The average molecular weight is 476 g/mol. The van der Waals surface area contributed by atoms with Crippen molar-refractivity contribution in [3.8, 4) is 0 Å². The molecule has 8 heteroatoms. The minimum absolute atomic E-state index is 0.0149. The maximum absolute atomic E-state index is 13.0. The van der Waals surface area contributed by atoms with Gasteiger partial charge in [0, 0.05) is 69.0 Å². The Kier molecular flexibility index (Phi) is 6.99. The lowest BCUT2D eigenvalue weighted by Crippen LogP contribution is -2.58. The second-order valence-electron chi connectivity index (χ2n) is 9.63. The van der Waals surface area contributed by atoms with Crippen molar-refractivity contribution < 1.29 is 14.4 Å². The monoisotopic (exact) mass is 475 g/mol. The molecule has 3 heterocycles. The van der Waals surface area contributed by atoms with E-state index >= 15 is 0 Å². The fourth-order valence-corrected chi connectivity index (χ4v) is 5.51. The number of piperazine rings is 2. The van der Waals surface area contributed by atoms with Gasteiger partial charge in [-0.15, -0.1) is 0 Å². The summed E-state index contributed by atoms with van der Waals surface area (Å²) in [5.41, 5.74) is 1.82. The molecule has 0 aliphatic carbocycles. The topological polar surface area (TPSA) is 85.0 Å². The predicted molar refractivity (Wildman–Crippen MR) is 134 cm³/mol. The lowest BCUT2D eigenvalue weighted by Gasteiger charge is -2.38. The van der Waals surface area contributed by atoms with Crippen LogP contribution in [-0.2, 0) is 9.59 Å². The van der Waals surface area contributed by atoms with Crippen molar-refractivity contribution in [2.24, 2.45) is 0 Å². The van der Waals surface area contributed by atoms with Crippen molar-refractivity contribution in [1.82, 2.24) is 20.4 Å². The highest BCUT2D eigenvalue weighted by molar-refractivity contribution is 5.94. The average Bonchev–Trinajstić information content (AvgIpc) is 3.34. The van der Waals surface area contributed by atoms with Gasteiger partial charge in [-0.3, -0.25) is 19.3 Å². The first-order valence-electron chi connectivity index (χ1n) is 12.6. The zero-order valence-corrected chi connectivity index (χ0v) is 19.9. The molecule has 2 N–H and O–H groups in total. The number of carbonyl (C=O) groups is 3. The Morgan fingerprint density at radius 1 is 0.943 bits per heavy atom. The summed E-state index contributed by atoms with van der Waals surface area (Å²) in [5.74, 6) is 0.0811. The standard InChI is InChI=1S/C27H33N5O3/c33-25(31-15-13-30(14-16-31)22-9-5-2-6-10-22)12-11-23-18-28-27(35)24-17-21(19-32(23)24)29-26(34)20-7-3-1-4-8-20/h1-10,21,23-24H,11-19H2,(H,28,35)(H,29,34). The van der Waals surface area contributed by atoms with Crippen molar-refractivity contribution in [3.63, 3.8) is 0 Å². The number of nitrogens with one attached hydrogen (secondary N) is 2. The molecule has 3 fully saturated rings. The smallest absolute Gasteiger partial charge is 0.251 e.